The van der Waals surface area contributed by atoms with Gasteiger partial charge in [0, 0.05) is 12.0 Å². The van der Waals surface area contributed by atoms with Crippen molar-refractivity contribution in [3.05, 3.63) is 52.8 Å². The Hall–Kier alpha value is -2.40. The number of ether oxygens (including phenoxy) is 2. The van der Waals surface area contributed by atoms with Crippen molar-refractivity contribution in [2.24, 2.45) is 0 Å². The van der Waals surface area contributed by atoms with Crippen molar-refractivity contribution >= 4 is 5.97 Å². The molecule has 0 N–H and O–H groups in total. The molecule has 32 heavy (non-hydrogen) atoms. The van der Waals surface area contributed by atoms with Crippen LogP contribution in [0.2, 0.25) is 0 Å². The van der Waals surface area contributed by atoms with Gasteiger partial charge in [0.15, 0.2) is 0 Å². The number of carbonyl (C=O) groups is 1. The molecular weight excluding hydrogens is 400 g/mol. The van der Waals surface area contributed by atoms with Gasteiger partial charge in [0.25, 0.3) is 0 Å². The van der Waals surface area contributed by atoms with E-state index in [1.807, 2.05) is 27.0 Å². The molecule has 1 aliphatic heterocycles. The Bertz CT molecular complexity index is 965. The first-order valence-corrected chi connectivity index (χ1v) is 11.8. The molecule has 5 nitrogen and oxygen atoms in total. The van der Waals surface area contributed by atoms with Crippen LogP contribution in [0.3, 0.4) is 0 Å². The summed E-state index contributed by atoms with van der Waals surface area (Å²) in [4.78, 5) is 19.4. The lowest BCUT2D eigenvalue weighted by Crippen LogP contribution is -2.42. The fourth-order valence-corrected chi connectivity index (χ4v) is 5.12. The highest BCUT2D eigenvalue weighted by molar-refractivity contribution is 5.70. The average Bonchev–Trinajstić information content (AvgIpc) is 3.07. The van der Waals surface area contributed by atoms with Crippen molar-refractivity contribution in [3.8, 4) is 11.5 Å². The van der Waals surface area contributed by atoms with Gasteiger partial charge < -0.3 is 14.4 Å². The summed E-state index contributed by atoms with van der Waals surface area (Å²) in [5.74, 6) is 1.65. The third-order valence-corrected chi connectivity index (χ3v) is 6.81. The molecule has 1 aliphatic carbocycles. The first-order chi connectivity index (χ1) is 15.2. The van der Waals surface area contributed by atoms with E-state index >= 15 is 0 Å². The first kappa shape index (κ1) is 22.8. The SMILES string of the molecule is Cc1cccc(C)c1Oc1cnc2c(c1)CCC21CCN(CCC(=O)OC(C)(C)C)CC1. The van der Waals surface area contributed by atoms with Gasteiger partial charge in [-0.2, -0.15) is 0 Å². The van der Waals surface area contributed by atoms with Crippen molar-refractivity contribution in [1.29, 1.82) is 0 Å². The van der Waals surface area contributed by atoms with Crippen molar-refractivity contribution in [2.75, 3.05) is 19.6 Å². The molecule has 0 radical (unpaired) electrons. The molecule has 1 fully saturated rings. The maximum absolute atomic E-state index is 12.0. The van der Waals surface area contributed by atoms with E-state index in [-0.39, 0.29) is 11.4 Å². The molecule has 0 unspecified atom stereocenters. The molecule has 1 aromatic heterocycles. The van der Waals surface area contributed by atoms with E-state index in [4.69, 9.17) is 14.5 Å². The van der Waals surface area contributed by atoms with Crippen LogP contribution in [0, 0.1) is 13.8 Å². The Kier molecular flexibility index (Phi) is 6.30. The predicted octanol–water partition coefficient (Wildman–Crippen LogP) is 5.50. The van der Waals surface area contributed by atoms with Crippen LogP contribution in [0.5, 0.6) is 11.5 Å². The number of pyridine rings is 1. The second-order valence-electron chi connectivity index (χ2n) is 10.5. The van der Waals surface area contributed by atoms with Gasteiger partial charge >= 0.3 is 5.97 Å². The number of nitrogens with zero attached hydrogens (tertiary/aromatic N) is 2. The molecule has 0 amide bonds. The van der Waals surface area contributed by atoms with Gasteiger partial charge in [0.05, 0.1) is 18.3 Å². The summed E-state index contributed by atoms with van der Waals surface area (Å²) in [6.07, 6.45) is 6.76. The summed E-state index contributed by atoms with van der Waals surface area (Å²) in [6.45, 7) is 12.7. The highest BCUT2D eigenvalue weighted by Crippen LogP contribution is 2.46. The van der Waals surface area contributed by atoms with Gasteiger partial charge in [-0.05, 0) is 96.1 Å². The molecule has 0 saturated carbocycles. The van der Waals surface area contributed by atoms with E-state index in [0.29, 0.717) is 6.42 Å². The van der Waals surface area contributed by atoms with Crippen LogP contribution in [-0.2, 0) is 21.4 Å². The Morgan fingerprint density at radius 2 is 1.81 bits per heavy atom. The number of rotatable bonds is 5. The zero-order valence-corrected chi connectivity index (χ0v) is 20.2. The van der Waals surface area contributed by atoms with E-state index in [1.54, 1.807) is 0 Å². The third kappa shape index (κ3) is 4.98. The number of likely N-dealkylation sites (tertiary alicyclic amines) is 1. The van der Waals surface area contributed by atoms with Gasteiger partial charge in [0.1, 0.15) is 17.1 Å². The molecule has 2 aromatic rings. The second kappa shape index (κ2) is 8.86. The number of para-hydroxylation sites is 1. The zero-order valence-electron chi connectivity index (χ0n) is 20.2. The molecule has 2 heterocycles. The number of carbonyl (C=O) groups excluding carboxylic acids is 1. The zero-order chi connectivity index (χ0) is 22.9. The van der Waals surface area contributed by atoms with Gasteiger partial charge in [0.2, 0.25) is 0 Å². The Labute approximate surface area is 192 Å². The Balaban J connectivity index is 1.37. The van der Waals surface area contributed by atoms with Crippen molar-refractivity contribution in [2.45, 2.75) is 77.7 Å². The van der Waals surface area contributed by atoms with Crippen LogP contribution < -0.4 is 4.74 Å². The predicted molar refractivity (Wildman–Crippen MR) is 126 cm³/mol. The fourth-order valence-electron chi connectivity index (χ4n) is 5.12. The topological polar surface area (TPSA) is 51.7 Å². The van der Waals surface area contributed by atoms with Crippen LogP contribution in [0.1, 0.15) is 68.8 Å². The standard InChI is InChI=1S/C27H36N2O3/c1-19-7-6-8-20(2)24(19)31-22-17-21-9-11-27(25(21)28-18-22)12-15-29(16-13-27)14-10-23(30)32-26(3,4)5/h6-8,17-18H,9-16H2,1-5H3. The Morgan fingerprint density at radius 1 is 1.12 bits per heavy atom. The van der Waals surface area contributed by atoms with E-state index in [2.05, 4.69) is 43.0 Å². The summed E-state index contributed by atoms with van der Waals surface area (Å²) < 4.78 is 11.7. The molecule has 1 saturated heterocycles. The highest BCUT2D eigenvalue weighted by Gasteiger charge is 2.42. The Morgan fingerprint density at radius 3 is 2.47 bits per heavy atom. The molecule has 4 rings (SSSR count). The van der Waals surface area contributed by atoms with E-state index in [1.165, 1.54) is 11.3 Å². The number of benzene rings is 1. The van der Waals surface area contributed by atoms with Crippen LogP contribution >= 0.6 is 0 Å². The number of aromatic nitrogens is 1. The third-order valence-electron chi connectivity index (χ3n) is 6.81. The van der Waals surface area contributed by atoms with E-state index in [0.717, 1.165) is 67.9 Å². The quantitative estimate of drug-likeness (QED) is 0.579. The summed E-state index contributed by atoms with van der Waals surface area (Å²) in [5.41, 5.74) is 4.63. The van der Waals surface area contributed by atoms with Gasteiger partial charge in [-0.1, -0.05) is 18.2 Å². The minimum Gasteiger partial charge on any atom is -0.460 e. The van der Waals surface area contributed by atoms with Crippen LogP contribution in [0.4, 0.5) is 0 Å². The fraction of sp³-hybridized carbons (Fsp3) is 0.556. The van der Waals surface area contributed by atoms with E-state index in [9.17, 15) is 4.79 Å². The minimum absolute atomic E-state index is 0.109. The minimum atomic E-state index is -0.414. The van der Waals surface area contributed by atoms with Crippen molar-refractivity contribution in [1.82, 2.24) is 9.88 Å². The number of esters is 1. The van der Waals surface area contributed by atoms with Gasteiger partial charge in [-0.3, -0.25) is 9.78 Å². The summed E-state index contributed by atoms with van der Waals surface area (Å²) >= 11 is 0. The van der Waals surface area contributed by atoms with Gasteiger partial charge in [-0.15, -0.1) is 0 Å². The van der Waals surface area contributed by atoms with Crippen LogP contribution in [0.15, 0.2) is 30.5 Å². The largest absolute Gasteiger partial charge is 0.460 e. The van der Waals surface area contributed by atoms with Crippen molar-refractivity contribution < 1.29 is 14.3 Å². The first-order valence-electron chi connectivity index (χ1n) is 11.8. The normalized spacial score (nSPS) is 17.9. The molecule has 2 aliphatic rings. The molecule has 5 heteroatoms. The van der Waals surface area contributed by atoms with Crippen LogP contribution in [0.25, 0.3) is 0 Å². The molecular formula is C27H36N2O3. The van der Waals surface area contributed by atoms with Gasteiger partial charge in [-0.25, -0.2) is 0 Å². The lowest BCUT2D eigenvalue weighted by atomic mass is 9.76. The molecule has 0 atom stereocenters. The summed E-state index contributed by atoms with van der Waals surface area (Å²) in [7, 11) is 0. The lowest BCUT2D eigenvalue weighted by Gasteiger charge is -2.39. The maximum Gasteiger partial charge on any atom is 0.307 e. The molecule has 1 spiro atoms. The smallest absolute Gasteiger partial charge is 0.307 e. The van der Waals surface area contributed by atoms with Crippen LogP contribution in [-0.4, -0.2) is 41.1 Å². The average molecular weight is 437 g/mol. The van der Waals surface area contributed by atoms with E-state index < -0.39 is 5.60 Å². The number of hydrogen-bond donors (Lipinski definition) is 0. The molecule has 172 valence electrons. The molecule has 1 aromatic carbocycles. The number of fused-ring (bicyclic) bond motifs is 2. The monoisotopic (exact) mass is 436 g/mol. The number of piperidine rings is 1. The summed E-state index contributed by atoms with van der Waals surface area (Å²) in [6, 6.07) is 8.41. The van der Waals surface area contributed by atoms with Crippen molar-refractivity contribution in [3.63, 3.8) is 0 Å². The lowest BCUT2D eigenvalue weighted by molar-refractivity contribution is -0.155. The highest BCUT2D eigenvalue weighted by atomic mass is 16.6. The second-order valence-corrected chi connectivity index (χ2v) is 10.5. The maximum atomic E-state index is 12.0. The molecule has 0 bridgehead atoms. The number of aryl methyl sites for hydroxylation is 3. The number of hydrogen-bond acceptors (Lipinski definition) is 5. The summed E-state index contributed by atoms with van der Waals surface area (Å²) in [5, 5.41) is 0.